The lowest BCUT2D eigenvalue weighted by Crippen LogP contribution is -2.45. The third kappa shape index (κ3) is 4.73. The van der Waals surface area contributed by atoms with Crippen molar-refractivity contribution in [3.05, 3.63) is 45.2 Å². The van der Waals surface area contributed by atoms with E-state index in [2.05, 4.69) is 16.8 Å². The van der Waals surface area contributed by atoms with Crippen LogP contribution in [-0.2, 0) is 9.53 Å². The molecule has 0 N–H and O–H groups in total. The van der Waals surface area contributed by atoms with Crippen LogP contribution in [0, 0.1) is 0 Å². The monoisotopic (exact) mass is 473 g/mol. The van der Waals surface area contributed by atoms with Crippen molar-refractivity contribution in [2.24, 2.45) is 0 Å². The average molecular weight is 474 g/mol. The number of hydrogen-bond donors (Lipinski definition) is 0. The van der Waals surface area contributed by atoms with Crippen LogP contribution in [-0.4, -0.2) is 82.4 Å². The molecule has 2 aromatic rings. The van der Waals surface area contributed by atoms with E-state index in [1.165, 1.54) is 16.2 Å². The van der Waals surface area contributed by atoms with Gasteiger partial charge in [0.2, 0.25) is 0 Å². The van der Waals surface area contributed by atoms with Crippen LogP contribution in [0.1, 0.15) is 18.9 Å². The summed E-state index contributed by atoms with van der Waals surface area (Å²) in [6.45, 7) is 6.98. The number of carbonyl (C=O) groups is 1. The van der Waals surface area contributed by atoms with Gasteiger partial charge in [0, 0.05) is 52.1 Å². The van der Waals surface area contributed by atoms with Crippen molar-refractivity contribution in [1.29, 1.82) is 0 Å². The summed E-state index contributed by atoms with van der Waals surface area (Å²) in [6, 6.07) is 5.48. The Bertz CT molecular complexity index is 1110. The van der Waals surface area contributed by atoms with Crippen LogP contribution in [0.5, 0.6) is 0 Å². The van der Waals surface area contributed by atoms with E-state index in [1.807, 2.05) is 19.1 Å². The number of fused-ring (bicyclic) bond motifs is 1. The molecule has 0 unspecified atom stereocenters. The Hall–Kier alpha value is -2.27. The van der Waals surface area contributed by atoms with Gasteiger partial charge in [-0.25, -0.2) is 4.98 Å². The first-order valence-corrected chi connectivity index (χ1v) is 12.0. The topological polar surface area (TPSA) is 70.4 Å². The molecule has 0 bridgehead atoms. The van der Waals surface area contributed by atoms with Crippen molar-refractivity contribution < 1.29 is 9.53 Å². The summed E-state index contributed by atoms with van der Waals surface area (Å²) in [5.74, 6) is 0.453. The van der Waals surface area contributed by atoms with Gasteiger partial charge in [0.05, 0.1) is 10.5 Å². The van der Waals surface area contributed by atoms with E-state index in [0.717, 1.165) is 26.2 Å². The fourth-order valence-corrected chi connectivity index (χ4v) is 5.06. The Morgan fingerprint density at radius 1 is 1.22 bits per heavy atom. The van der Waals surface area contributed by atoms with Gasteiger partial charge < -0.3 is 14.5 Å². The molecule has 10 heteroatoms. The highest BCUT2D eigenvalue weighted by molar-refractivity contribution is 8.26. The minimum absolute atomic E-state index is 0.168. The summed E-state index contributed by atoms with van der Waals surface area (Å²) in [4.78, 5) is 37.7. The molecule has 1 amide bonds. The number of carbonyl (C=O) groups excluding carboxylic acids is 1. The van der Waals surface area contributed by atoms with Crippen LogP contribution >= 0.6 is 24.0 Å². The van der Waals surface area contributed by atoms with Crippen LogP contribution in [0.15, 0.2) is 34.1 Å². The van der Waals surface area contributed by atoms with Crippen molar-refractivity contribution in [3.8, 4) is 0 Å². The van der Waals surface area contributed by atoms with Crippen LogP contribution in [0.25, 0.3) is 11.7 Å². The van der Waals surface area contributed by atoms with Gasteiger partial charge in [0.25, 0.3) is 11.5 Å². The van der Waals surface area contributed by atoms with Crippen LogP contribution in [0.4, 0.5) is 5.82 Å². The van der Waals surface area contributed by atoms with Crippen LogP contribution in [0.3, 0.4) is 0 Å². The molecule has 170 valence electrons. The molecule has 2 aliphatic rings. The maximum absolute atomic E-state index is 13.4. The molecule has 0 aliphatic carbocycles. The normalized spacial score (nSPS) is 19.0. The Balaban J connectivity index is 1.70. The highest BCUT2D eigenvalue weighted by Gasteiger charge is 2.32. The second-order valence-corrected chi connectivity index (χ2v) is 9.43. The largest absolute Gasteiger partial charge is 0.382 e. The number of thiocarbonyl (C=S) groups is 1. The van der Waals surface area contributed by atoms with Gasteiger partial charge in [0.15, 0.2) is 0 Å². The lowest BCUT2D eigenvalue weighted by atomic mass is 10.2. The first-order chi connectivity index (χ1) is 15.5. The fraction of sp³-hybridized carbons (Fsp3) is 0.455. The van der Waals surface area contributed by atoms with Gasteiger partial charge in [-0.05, 0) is 38.6 Å². The van der Waals surface area contributed by atoms with Gasteiger partial charge in [-0.15, -0.1) is 0 Å². The zero-order chi connectivity index (χ0) is 22.7. The minimum atomic E-state index is -0.189. The number of thioether (sulfide) groups is 1. The molecule has 2 aliphatic heterocycles. The van der Waals surface area contributed by atoms with E-state index in [1.54, 1.807) is 23.2 Å². The molecule has 2 fully saturated rings. The second-order valence-electron chi connectivity index (χ2n) is 7.76. The number of rotatable bonds is 7. The van der Waals surface area contributed by atoms with Crippen molar-refractivity contribution in [1.82, 2.24) is 19.2 Å². The van der Waals surface area contributed by atoms with E-state index in [9.17, 15) is 9.59 Å². The number of nitrogens with zero attached hydrogens (tertiary/aromatic N) is 5. The number of amides is 1. The lowest BCUT2D eigenvalue weighted by molar-refractivity contribution is -0.122. The molecule has 0 radical (unpaired) electrons. The quantitative estimate of drug-likeness (QED) is 0.344. The van der Waals surface area contributed by atoms with Crippen molar-refractivity contribution in [2.75, 3.05) is 57.9 Å². The highest BCUT2D eigenvalue weighted by Crippen LogP contribution is 2.33. The van der Waals surface area contributed by atoms with Gasteiger partial charge in [-0.1, -0.05) is 30.0 Å². The SMILES string of the molecule is CCOCCCN1C(=O)/C(=C/c2c(N3CCN(C)CC3)nc3ccccn3c2=O)SC1=S. The first kappa shape index (κ1) is 22.9. The summed E-state index contributed by atoms with van der Waals surface area (Å²) >= 11 is 6.68. The summed E-state index contributed by atoms with van der Waals surface area (Å²) in [7, 11) is 2.08. The predicted octanol–water partition coefficient (Wildman–Crippen LogP) is 2.07. The minimum Gasteiger partial charge on any atom is -0.382 e. The van der Waals surface area contributed by atoms with Gasteiger partial charge in [0.1, 0.15) is 15.8 Å². The van der Waals surface area contributed by atoms with Gasteiger partial charge >= 0.3 is 0 Å². The van der Waals surface area contributed by atoms with Crippen molar-refractivity contribution in [2.45, 2.75) is 13.3 Å². The van der Waals surface area contributed by atoms with Crippen molar-refractivity contribution in [3.63, 3.8) is 0 Å². The third-order valence-corrected chi connectivity index (χ3v) is 6.95. The molecule has 4 heterocycles. The molecule has 2 aromatic heterocycles. The first-order valence-electron chi connectivity index (χ1n) is 10.8. The van der Waals surface area contributed by atoms with Gasteiger partial charge in [-0.2, -0.15) is 0 Å². The number of piperazine rings is 1. The summed E-state index contributed by atoms with van der Waals surface area (Å²) in [6.07, 6.45) is 4.08. The Kier molecular flexibility index (Phi) is 7.24. The Morgan fingerprint density at radius 3 is 2.75 bits per heavy atom. The average Bonchev–Trinajstić information content (AvgIpc) is 3.06. The molecule has 0 aromatic carbocycles. The molecule has 0 spiro atoms. The third-order valence-electron chi connectivity index (χ3n) is 5.58. The second kappa shape index (κ2) is 10.1. The molecule has 8 nitrogen and oxygen atoms in total. The number of hydrogen-bond acceptors (Lipinski definition) is 8. The van der Waals surface area contributed by atoms with E-state index in [0.29, 0.717) is 52.4 Å². The number of anilines is 1. The fourth-order valence-electron chi connectivity index (χ4n) is 3.77. The number of pyridine rings is 1. The van der Waals surface area contributed by atoms with E-state index >= 15 is 0 Å². The van der Waals surface area contributed by atoms with Crippen molar-refractivity contribution >= 4 is 51.7 Å². The molecule has 4 rings (SSSR count). The number of ether oxygens (including phenoxy) is 1. The Labute approximate surface area is 196 Å². The Morgan fingerprint density at radius 2 is 2.00 bits per heavy atom. The molecular formula is C22H27N5O3S2. The molecule has 0 atom stereocenters. The zero-order valence-electron chi connectivity index (χ0n) is 18.3. The summed E-state index contributed by atoms with van der Waals surface area (Å²) in [5.41, 5.74) is 0.825. The zero-order valence-corrected chi connectivity index (χ0v) is 20.0. The van der Waals surface area contributed by atoms with E-state index < -0.39 is 0 Å². The molecular weight excluding hydrogens is 446 g/mol. The number of likely N-dealkylation sites (N-methyl/N-ethyl adjacent to an activating group) is 1. The van der Waals surface area contributed by atoms with E-state index in [-0.39, 0.29) is 11.5 Å². The van der Waals surface area contributed by atoms with Crippen LogP contribution < -0.4 is 10.5 Å². The highest BCUT2D eigenvalue weighted by atomic mass is 32.2. The lowest BCUT2D eigenvalue weighted by Gasteiger charge is -2.34. The molecule has 2 saturated heterocycles. The van der Waals surface area contributed by atoms with E-state index in [4.69, 9.17) is 21.9 Å². The number of aromatic nitrogens is 2. The van der Waals surface area contributed by atoms with Gasteiger partial charge in [-0.3, -0.25) is 18.9 Å². The van der Waals surface area contributed by atoms with Crippen LogP contribution in [0.2, 0.25) is 0 Å². The maximum Gasteiger partial charge on any atom is 0.267 e. The predicted molar refractivity (Wildman–Crippen MR) is 132 cm³/mol. The standard InChI is InChI=1S/C22H27N5O3S2/c1-3-30-14-6-9-27-21(29)17(32-22(27)31)15-16-19(25-12-10-24(2)11-13-25)23-18-7-4-5-8-26(18)20(16)28/h4-5,7-8,15H,3,6,9-14H2,1-2H3/b17-15-. The summed E-state index contributed by atoms with van der Waals surface area (Å²) < 4.78 is 7.40. The molecule has 32 heavy (non-hydrogen) atoms. The maximum atomic E-state index is 13.4. The molecule has 0 saturated carbocycles. The smallest absolute Gasteiger partial charge is 0.267 e. The summed E-state index contributed by atoms with van der Waals surface area (Å²) in [5, 5.41) is 0.